The third-order valence-corrected chi connectivity index (χ3v) is 8.02. The van der Waals surface area contributed by atoms with Crippen molar-refractivity contribution in [3.63, 3.8) is 0 Å². The van der Waals surface area contributed by atoms with Gasteiger partial charge in [0.1, 0.15) is 18.4 Å². The number of aryl methyl sites for hydroxylation is 2. The molecular weight excluding hydrogens is 593 g/mol. The smallest absolute Gasteiger partial charge is 0.371 e. The lowest BCUT2D eigenvalue weighted by atomic mass is 10.1. The van der Waals surface area contributed by atoms with Crippen LogP contribution >= 0.6 is 7.82 Å². The minimum atomic E-state index is -4.77. The van der Waals surface area contributed by atoms with Crippen LogP contribution in [0.2, 0.25) is 0 Å². The first-order valence-corrected chi connectivity index (χ1v) is 15.9. The summed E-state index contributed by atoms with van der Waals surface area (Å²) in [7, 11) is -4.77. The van der Waals surface area contributed by atoms with E-state index < -0.39 is 14.6 Å². The number of fused-ring (bicyclic) bond motifs is 2. The number of rotatable bonds is 9. The second-order valence-electron chi connectivity index (χ2n) is 10.9. The molecule has 0 unspecified atom stereocenters. The van der Waals surface area contributed by atoms with Crippen molar-refractivity contribution in [2.24, 2.45) is 0 Å². The summed E-state index contributed by atoms with van der Waals surface area (Å²) in [6, 6.07) is 17.5. The summed E-state index contributed by atoms with van der Waals surface area (Å²) in [5, 5.41) is 7.73. The van der Waals surface area contributed by atoms with Gasteiger partial charge in [0.05, 0.1) is 28.6 Å². The molecule has 1 aliphatic rings. The maximum atomic E-state index is 11.6. The molecule has 1 saturated heterocycles. The van der Waals surface area contributed by atoms with Crippen LogP contribution in [0, 0.1) is 13.8 Å². The van der Waals surface area contributed by atoms with Gasteiger partial charge in [0.15, 0.2) is 5.65 Å². The predicted octanol–water partition coefficient (Wildman–Crippen LogP) is 5.82. The largest absolute Gasteiger partial charge is 0.471 e. The fraction of sp³-hybridized carbons (Fsp3) is 0.194. The van der Waals surface area contributed by atoms with Gasteiger partial charge in [-0.15, -0.1) is 0 Å². The monoisotopic (exact) mass is 623 g/mol. The van der Waals surface area contributed by atoms with E-state index in [2.05, 4.69) is 53.7 Å². The van der Waals surface area contributed by atoms with Crippen LogP contribution in [-0.2, 0) is 15.8 Å². The molecule has 4 N–H and O–H groups in total. The van der Waals surface area contributed by atoms with Crippen molar-refractivity contribution in [2.75, 3.05) is 28.6 Å². The van der Waals surface area contributed by atoms with Gasteiger partial charge in [-0.25, -0.2) is 19.5 Å². The Balaban J connectivity index is 1.21. The van der Waals surface area contributed by atoms with E-state index in [0.717, 1.165) is 46.8 Å². The number of pyridine rings is 4. The molecule has 13 nitrogen and oxygen atoms in total. The second kappa shape index (κ2) is 11.5. The van der Waals surface area contributed by atoms with E-state index in [0.29, 0.717) is 34.1 Å². The number of nitrogens with one attached hydrogen (secondary N) is 2. The summed E-state index contributed by atoms with van der Waals surface area (Å²) in [5.41, 5.74) is 7.71. The number of anilines is 5. The van der Waals surface area contributed by atoms with Crippen LogP contribution in [0.15, 0.2) is 73.2 Å². The number of imidazole rings is 1. The summed E-state index contributed by atoms with van der Waals surface area (Å²) in [5.74, 6) is 1.01. The molecule has 0 radical (unpaired) electrons. The molecule has 14 heteroatoms. The Morgan fingerprint density at radius 1 is 0.889 bits per heavy atom. The lowest BCUT2D eigenvalue weighted by Gasteiger charge is -2.33. The fourth-order valence-corrected chi connectivity index (χ4v) is 5.57. The highest BCUT2D eigenvalue weighted by molar-refractivity contribution is 7.46. The van der Waals surface area contributed by atoms with Gasteiger partial charge in [-0.3, -0.25) is 19.1 Å². The first-order valence-electron chi connectivity index (χ1n) is 14.3. The van der Waals surface area contributed by atoms with Crippen LogP contribution in [0.1, 0.15) is 17.8 Å². The number of hydrogen-bond acceptors (Lipinski definition) is 10. The third kappa shape index (κ3) is 6.19. The Hall–Kier alpha value is -4.94. The lowest BCUT2D eigenvalue weighted by molar-refractivity contribution is 0.157. The molecule has 0 saturated carbocycles. The van der Waals surface area contributed by atoms with E-state index in [9.17, 15) is 14.4 Å². The van der Waals surface area contributed by atoms with Gasteiger partial charge in [-0.1, -0.05) is 0 Å². The molecule has 0 bridgehead atoms. The molecule has 5 aromatic heterocycles. The molecule has 1 fully saturated rings. The zero-order valence-electron chi connectivity index (χ0n) is 24.5. The van der Waals surface area contributed by atoms with Crippen molar-refractivity contribution in [3.05, 3.63) is 84.6 Å². The Morgan fingerprint density at radius 3 is 2.49 bits per heavy atom. The Labute approximate surface area is 258 Å². The van der Waals surface area contributed by atoms with Crippen molar-refractivity contribution in [1.29, 1.82) is 0 Å². The summed E-state index contributed by atoms with van der Waals surface area (Å²) in [4.78, 5) is 44.0. The molecule has 0 amide bonds. The number of aromatic nitrogens is 6. The molecule has 7 rings (SSSR count). The topological polar surface area (TPSA) is 163 Å². The molecule has 0 aliphatic carbocycles. The van der Waals surface area contributed by atoms with Crippen LogP contribution in [-0.4, -0.2) is 52.4 Å². The zero-order valence-corrected chi connectivity index (χ0v) is 25.4. The van der Waals surface area contributed by atoms with Gasteiger partial charge >= 0.3 is 7.82 Å². The van der Waals surface area contributed by atoms with Crippen molar-refractivity contribution in [1.82, 2.24) is 29.5 Å². The number of nitrogens with zero attached hydrogens (tertiary/aromatic N) is 7. The molecule has 0 atom stereocenters. The third-order valence-electron chi connectivity index (χ3n) is 7.57. The van der Waals surface area contributed by atoms with Crippen molar-refractivity contribution >= 4 is 58.5 Å². The van der Waals surface area contributed by atoms with Crippen molar-refractivity contribution < 1.29 is 18.9 Å². The standard InChI is InChI=1S/C31H30N9O4P/c1-19-12-22(8-9-32-19)36-23-14-28-30(34-17-23)38-31(40(28)18-44-45(41,42)43)21-4-7-29(33-16-21)37-27-13-20(2)35-26-6-5-24(15-25(26)27)39-10-3-11-39/h4-9,12-17H,3,10-11,18H2,1-2H3,(H,32,36)(H,33,35,37)(H2,41,42,43). The molecule has 1 aromatic carbocycles. The Bertz CT molecular complexity index is 2090. The fourth-order valence-electron chi connectivity index (χ4n) is 5.31. The molecule has 1 aliphatic heterocycles. The highest BCUT2D eigenvalue weighted by Gasteiger charge is 2.20. The van der Waals surface area contributed by atoms with Gasteiger partial charge in [0.25, 0.3) is 0 Å². The molecule has 6 heterocycles. The number of benzene rings is 1. The van der Waals surface area contributed by atoms with Gasteiger partial charge in [-0.2, -0.15) is 0 Å². The van der Waals surface area contributed by atoms with Crippen LogP contribution in [0.3, 0.4) is 0 Å². The van der Waals surface area contributed by atoms with Gasteiger partial charge < -0.3 is 25.3 Å². The number of phosphoric ester groups is 1. The molecule has 0 spiro atoms. The molecule has 45 heavy (non-hydrogen) atoms. The minimum absolute atomic E-state index is 0.384. The first kappa shape index (κ1) is 28.8. The summed E-state index contributed by atoms with van der Waals surface area (Å²) in [6.45, 7) is 5.52. The normalized spacial score (nSPS) is 13.3. The van der Waals surface area contributed by atoms with Crippen molar-refractivity contribution in [3.8, 4) is 11.4 Å². The van der Waals surface area contributed by atoms with E-state index in [4.69, 9.17) is 9.51 Å². The number of phosphoric acid groups is 1. The van der Waals surface area contributed by atoms with Gasteiger partial charge in [-0.05, 0) is 74.9 Å². The summed E-state index contributed by atoms with van der Waals surface area (Å²) in [6.07, 6.45) is 6.19. The average molecular weight is 624 g/mol. The second-order valence-corrected chi connectivity index (χ2v) is 12.1. The van der Waals surface area contributed by atoms with Crippen LogP contribution < -0.4 is 15.5 Å². The quantitative estimate of drug-likeness (QED) is 0.143. The summed E-state index contributed by atoms with van der Waals surface area (Å²) < 4.78 is 18.1. The van der Waals surface area contributed by atoms with E-state index in [1.807, 2.05) is 44.2 Å². The zero-order chi connectivity index (χ0) is 31.1. The number of hydrogen-bond donors (Lipinski definition) is 4. The van der Waals surface area contributed by atoms with E-state index >= 15 is 0 Å². The molecule has 6 aromatic rings. The molecular formula is C31H30N9O4P. The minimum Gasteiger partial charge on any atom is -0.371 e. The highest BCUT2D eigenvalue weighted by Crippen LogP contribution is 2.38. The first-order chi connectivity index (χ1) is 21.7. The highest BCUT2D eigenvalue weighted by atomic mass is 31.2. The maximum Gasteiger partial charge on any atom is 0.471 e. The van der Waals surface area contributed by atoms with Crippen LogP contribution in [0.5, 0.6) is 0 Å². The van der Waals surface area contributed by atoms with Gasteiger partial charge in [0, 0.05) is 59.2 Å². The summed E-state index contributed by atoms with van der Waals surface area (Å²) >= 11 is 0. The van der Waals surface area contributed by atoms with Crippen LogP contribution in [0.4, 0.5) is 28.6 Å². The van der Waals surface area contributed by atoms with Crippen LogP contribution in [0.25, 0.3) is 33.5 Å². The molecule has 228 valence electrons. The van der Waals surface area contributed by atoms with E-state index in [-0.39, 0.29) is 0 Å². The van der Waals surface area contributed by atoms with E-state index in [1.165, 1.54) is 12.1 Å². The Morgan fingerprint density at radius 2 is 1.76 bits per heavy atom. The maximum absolute atomic E-state index is 11.6. The predicted molar refractivity (Wildman–Crippen MR) is 173 cm³/mol. The lowest BCUT2D eigenvalue weighted by Crippen LogP contribution is -2.36. The Kier molecular flexibility index (Phi) is 7.38. The average Bonchev–Trinajstić information content (AvgIpc) is 3.33. The van der Waals surface area contributed by atoms with Crippen molar-refractivity contribution in [2.45, 2.75) is 27.0 Å². The van der Waals surface area contributed by atoms with E-state index in [1.54, 1.807) is 29.2 Å². The van der Waals surface area contributed by atoms with Gasteiger partial charge in [0.2, 0.25) is 0 Å². The SMILES string of the molecule is Cc1cc(Nc2cnc3nc(-c4ccc(Nc5cc(C)nc6ccc(N7CCC7)cc56)nc4)n(COP(=O)(O)O)c3c2)ccn1.